The van der Waals surface area contributed by atoms with Crippen LogP contribution in [-0.2, 0) is 18.9 Å². The van der Waals surface area contributed by atoms with Gasteiger partial charge >= 0.3 is 0 Å². The summed E-state index contributed by atoms with van der Waals surface area (Å²) in [5, 5.41) is 0. The molecule has 0 aliphatic heterocycles. The largest absolute Gasteiger partial charge is 0.380 e. The topological polar surface area (TPSA) is 36.9 Å². The van der Waals surface area contributed by atoms with Crippen LogP contribution in [0, 0.1) is 29.1 Å². The Bertz CT molecular complexity index is 298. The molecular formula is C23H48O4. The zero-order valence-corrected chi connectivity index (χ0v) is 19.5. The van der Waals surface area contributed by atoms with Crippen LogP contribution in [0.25, 0.3) is 0 Å². The average molecular weight is 389 g/mol. The van der Waals surface area contributed by atoms with E-state index < -0.39 is 0 Å². The van der Waals surface area contributed by atoms with Crippen LogP contribution in [0.3, 0.4) is 0 Å². The molecule has 164 valence electrons. The van der Waals surface area contributed by atoms with E-state index in [2.05, 4.69) is 55.4 Å². The van der Waals surface area contributed by atoms with E-state index in [1.54, 1.807) is 0 Å². The summed E-state index contributed by atoms with van der Waals surface area (Å²) in [4.78, 5) is 0. The fraction of sp³-hybridized carbons (Fsp3) is 1.00. The van der Waals surface area contributed by atoms with Gasteiger partial charge in [-0.2, -0.15) is 0 Å². The normalized spacial score (nSPS) is 14.9. The van der Waals surface area contributed by atoms with Crippen molar-refractivity contribution in [3.8, 4) is 0 Å². The van der Waals surface area contributed by atoms with Crippen LogP contribution in [-0.4, -0.2) is 52.9 Å². The molecule has 4 heteroatoms. The van der Waals surface area contributed by atoms with E-state index in [1.165, 1.54) is 0 Å². The van der Waals surface area contributed by atoms with Crippen LogP contribution in [0.15, 0.2) is 0 Å². The van der Waals surface area contributed by atoms with E-state index >= 15 is 0 Å². The summed E-state index contributed by atoms with van der Waals surface area (Å²) in [7, 11) is 0. The van der Waals surface area contributed by atoms with Crippen LogP contribution in [0.5, 0.6) is 0 Å². The Hall–Kier alpha value is -0.160. The summed E-state index contributed by atoms with van der Waals surface area (Å²) in [5.74, 6) is 2.16. The molecule has 2 unspecified atom stereocenters. The molecule has 0 aromatic carbocycles. The van der Waals surface area contributed by atoms with Crippen LogP contribution >= 0.6 is 0 Å². The van der Waals surface area contributed by atoms with Crippen LogP contribution in [0.1, 0.15) is 68.2 Å². The van der Waals surface area contributed by atoms with Gasteiger partial charge in [-0.15, -0.1) is 0 Å². The Morgan fingerprint density at radius 3 is 1.07 bits per heavy atom. The first-order valence-electron chi connectivity index (χ1n) is 11.1. The zero-order chi connectivity index (χ0) is 20.7. The van der Waals surface area contributed by atoms with E-state index in [9.17, 15) is 0 Å². The lowest BCUT2D eigenvalue weighted by Crippen LogP contribution is -2.43. The predicted molar refractivity (Wildman–Crippen MR) is 114 cm³/mol. The number of hydrogen-bond acceptors (Lipinski definition) is 4. The van der Waals surface area contributed by atoms with Crippen molar-refractivity contribution in [1.82, 2.24) is 0 Å². The Balaban J connectivity index is 4.94. The Kier molecular flexibility index (Phi) is 15.6. The van der Waals surface area contributed by atoms with Crippen molar-refractivity contribution in [3.05, 3.63) is 0 Å². The summed E-state index contributed by atoms with van der Waals surface area (Å²) in [6.45, 7) is 23.1. The number of hydrogen-bond donors (Lipinski definition) is 0. The van der Waals surface area contributed by atoms with Gasteiger partial charge in [0.1, 0.15) is 0 Å². The van der Waals surface area contributed by atoms with Crippen LogP contribution < -0.4 is 0 Å². The molecule has 0 aromatic heterocycles. The minimum Gasteiger partial charge on any atom is -0.380 e. The minimum atomic E-state index is -0.245. The van der Waals surface area contributed by atoms with Gasteiger partial charge in [-0.3, -0.25) is 0 Å². The molecule has 0 aliphatic rings. The molecular weight excluding hydrogens is 340 g/mol. The second kappa shape index (κ2) is 15.7. The zero-order valence-electron chi connectivity index (χ0n) is 19.5. The van der Waals surface area contributed by atoms with Gasteiger partial charge < -0.3 is 18.9 Å². The molecule has 0 spiro atoms. The van der Waals surface area contributed by atoms with Gasteiger partial charge in [0, 0.05) is 26.4 Å². The molecule has 2 atom stereocenters. The second-order valence-corrected chi connectivity index (χ2v) is 9.38. The van der Waals surface area contributed by atoms with Crippen molar-refractivity contribution >= 4 is 0 Å². The van der Waals surface area contributed by atoms with Crippen molar-refractivity contribution in [1.29, 1.82) is 0 Å². The molecule has 0 aromatic rings. The van der Waals surface area contributed by atoms with Gasteiger partial charge in [0.2, 0.25) is 0 Å². The third-order valence-electron chi connectivity index (χ3n) is 4.73. The van der Waals surface area contributed by atoms with Crippen molar-refractivity contribution in [2.45, 2.75) is 68.2 Å². The molecule has 0 amide bonds. The van der Waals surface area contributed by atoms with Gasteiger partial charge in [0.25, 0.3) is 0 Å². The molecule has 0 rings (SSSR count). The molecule has 0 aliphatic carbocycles. The summed E-state index contributed by atoms with van der Waals surface area (Å²) >= 11 is 0. The van der Waals surface area contributed by atoms with Crippen molar-refractivity contribution in [2.24, 2.45) is 29.1 Å². The van der Waals surface area contributed by atoms with Gasteiger partial charge in [0.05, 0.1) is 31.8 Å². The Morgan fingerprint density at radius 1 is 0.519 bits per heavy atom. The maximum Gasteiger partial charge on any atom is 0.0637 e. The third-order valence-corrected chi connectivity index (χ3v) is 4.73. The van der Waals surface area contributed by atoms with E-state index in [-0.39, 0.29) is 5.41 Å². The minimum absolute atomic E-state index is 0.245. The van der Waals surface area contributed by atoms with Gasteiger partial charge in [-0.05, 0) is 23.7 Å². The average Bonchev–Trinajstić information content (AvgIpc) is 2.60. The van der Waals surface area contributed by atoms with Crippen LogP contribution in [0.2, 0.25) is 0 Å². The van der Waals surface area contributed by atoms with Crippen molar-refractivity contribution in [3.63, 3.8) is 0 Å². The lowest BCUT2D eigenvalue weighted by molar-refractivity contribution is -0.116. The lowest BCUT2D eigenvalue weighted by Gasteiger charge is -2.34. The molecule has 4 nitrogen and oxygen atoms in total. The summed E-state index contributed by atoms with van der Waals surface area (Å²) < 4.78 is 24.3. The number of rotatable bonds is 18. The third kappa shape index (κ3) is 14.5. The first-order valence-corrected chi connectivity index (χ1v) is 11.1. The van der Waals surface area contributed by atoms with Gasteiger partial charge in [0.15, 0.2) is 0 Å². The molecule has 0 N–H and O–H groups in total. The maximum absolute atomic E-state index is 6.11. The molecule has 0 radical (unpaired) electrons. The Morgan fingerprint density at radius 2 is 0.815 bits per heavy atom. The van der Waals surface area contributed by atoms with E-state index in [1.807, 2.05) is 0 Å². The highest BCUT2D eigenvalue weighted by atomic mass is 16.5. The molecule has 0 bridgehead atoms. The highest BCUT2D eigenvalue weighted by Crippen LogP contribution is 2.23. The summed E-state index contributed by atoms with van der Waals surface area (Å²) in [6.07, 6.45) is 2.26. The second-order valence-electron chi connectivity index (χ2n) is 9.38. The highest BCUT2D eigenvalue weighted by molar-refractivity contribution is 4.80. The van der Waals surface area contributed by atoms with Gasteiger partial charge in [-0.25, -0.2) is 0 Å². The standard InChI is InChI=1S/C23H48O4/c1-9-21(7)13-26-17-23(15-24-11-19(3)4,16-25-12-20(5)6)18-27-14-22(8)10-2/h19-22H,9-18H2,1-8H3. The first-order chi connectivity index (χ1) is 12.7. The van der Waals surface area contributed by atoms with Gasteiger partial charge in [-0.1, -0.05) is 68.2 Å². The lowest BCUT2D eigenvalue weighted by atomic mass is 9.91. The van der Waals surface area contributed by atoms with Crippen molar-refractivity contribution in [2.75, 3.05) is 52.9 Å². The Labute approximate surface area is 169 Å². The molecule has 0 saturated heterocycles. The molecule has 0 fully saturated rings. The predicted octanol–water partition coefficient (Wildman–Crippen LogP) is 5.44. The van der Waals surface area contributed by atoms with E-state index in [0.717, 1.165) is 39.3 Å². The fourth-order valence-electron chi connectivity index (χ4n) is 2.46. The monoisotopic (exact) mass is 388 g/mol. The molecule has 0 heterocycles. The smallest absolute Gasteiger partial charge is 0.0637 e. The van der Waals surface area contributed by atoms with E-state index in [0.29, 0.717) is 50.1 Å². The highest BCUT2D eigenvalue weighted by Gasteiger charge is 2.33. The van der Waals surface area contributed by atoms with Crippen LogP contribution in [0.4, 0.5) is 0 Å². The number of ether oxygens (including phenoxy) is 4. The van der Waals surface area contributed by atoms with Crippen molar-refractivity contribution < 1.29 is 18.9 Å². The summed E-state index contributed by atoms with van der Waals surface area (Å²) in [5.41, 5.74) is -0.245. The summed E-state index contributed by atoms with van der Waals surface area (Å²) in [6, 6.07) is 0. The fourth-order valence-corrected chi connectivity index (χ4v) is 2.46. The van der Waals surface area contributed by atoms with E-state index in [4.69, 9.17) is 18.9 Å². The SMILES string of the molecule is CCC(C)COCC(COCC(C)C)(COCC(C)C)COCC(C)CC. The molecule has 27 heavy (non-hydrogen) atoms. The quantitative estimate of drug-likeness (QED) is 0.313. The first kappa shape index (κ1) is 26.8. The molecule has 0 saturated carbocycles. The maximum atomic E-state index is 6.11.